The van der Waals surface area contributed by atoms with Gasteiger partial charge in [0.2, 0.25) is 0 Å². The van der Waals surface area contributed by atoms with E-state index in [-0.39, 0.29) is 5.76 Å². The lowest BCUT2D eigenvalue weighted by Crippen LogP contribution is -2.16. The quantitative estimate of drug-likeness (QED) is 0.393. The molecule has 3 aromatic rings. The highest BCUT2D eigenvalue weighted by atomic mass is 79.9. The first-order valence-corrected chi connectivity index (χ1v) is 9.36. The fourth-order valence-corrected chi connectivity index (χ4v) is 3.11. The summed E-state index contributed by atoms with van der Waals surface area (Å²) in [5, 5.41) is 4.56. The summed E-state index contributed by atoms with van der Waals surface area (Å²) in [6, 6.07) is 14.2. The van der Waals surface area contributed by atoms with Gasteiger partial charge in [0.1, 0.15) is 6.61 Å². The number of rotatable bonds is 7. The summed E-state index contributed by atoms with van der Waals surface area (Å²) in [6.45, 7) is 0.293. The molecule has 0 aliphatic heterocycles. The summed E-state index contributed by atoms with van der Waals surface area (Å²) in [7, 11) is 1.55. The lowest BCUT2D eigenvalue weighted by atomic mass is 10.2. The summed E-state index contributed by atoms with van der Waals surface area (Å²) in [4.78, 5) is 11.8. The van der Waals surface area contributed by atoms with E-state index in [1.165, 1.54) is 12.5 Å². The summed E-state index contributed by atoms with van der Waals surface area (Å²) in [6.07, 6.45) is 2.91. The molecule has 1 amide bonds. The molecule has 0 saturated heterocycles. The molecule has 0 unspecified atom stereocenters. The Morgan fingerprint density at radius 1 is 1.29 bits per heavy atom. The Hall–Kier alpha value is -2.77. The van der Waals surface area contributed by atoms with Crippen LogP contribution in [-0.2, 0) is 6.61 Å². The minimum Gasteiger partial charge on any atom is -0.493 e. The largest absolute Gasteiger partial charge is 0.493 e. The smallest absolute Gasteiger partial charge is 0.307 e. The van der Waals surface area contributed by atoms with E-state index in [4.69, 9.17) is 25.5 Å². The van der Waals surface area contributed by atoms with Gasteiger partial charge in [0.05, 0.1) is 24.1 Å². The predicted octanol–water partition coefficient (Wildman–Crippen LogP) is 5.05. The molecule has 0 atom stereocenters. The molecular weight excluding hydrogens is 448 g/mol. The van der Waals surface area contributed by atoms with Crippen molar-refractivity contribution in [3.8, 4) is 11.5 Å². The van der Waals surface area contributed by atoms with Gasteiger partial charge in [-0.15, -0.1) is 0 Å². The van der Waals surface area contributed by atoms with Crippen LogP contribution in [0.15, 0.2) is 68.8 Å². The molecule has 1 aromatic heterocycles. The van der Waals surface area contributed by atoms with Gasteiger partial charge in [-0.1, -0.05) is 29.8 Å². The zero-order chi connectivity index (χ0) is 19.9. The molecule has 0 radical (unpaired) electrons. The van der Waals surface area contributed by atoms with Gasteiger partial charge in [-0.2, -0.15) is 5.10 Å². The highest BCUT2D eigenvalue weighted by molar-refractivity contribution is 9.10. The number of hydrazone groups is 1. The molecule has 1 N–H and O–H groups in total. The molecule has 0 spiro atoms. The van der Waals surface area contributed by atoms with Gasteiger partial charge in [-0.05, 0) is 51.8 Å². The second-order valence-corrected chi connectivity index (χ2v) is 6.85. The molecule has 2 aromatic carbocycles. The van der Waals surface area contributed by atoms with E-state index in [1.807, 2.05) is 24.3 Å². The van der Waals surface area contributed by atoms with Crippen LogP contribution >= 0.6 is 27.5 Å². The Balaban J connectivity index is 1.71. The van der Waals surface area contributed by atoms with Crippen LogP contribution in [-0.4, -0.2) is 19.2 Å². The van der Waals surface area contributed by atoms with Crippen LogP contribution in [0.2, 0.25) is 5.02 Å². The number of hydrogen-bond donors (Lipinski definition) is 1. The van der Waals surface area contributed by atoms with Crippen molar-refractivity contribution < 1.29 is 18.7 Å². The van der Waals surface area contributed by atoms with Gasteiger partial charge in [0.25, 0.3) is 0 Å². The Labute approximate surface area is 175 Å². The van der Waals surface area contributed by atoms with E-state index >= 15 is 0 Å². The Kier molecular flexibility index (Phi) is 6.73. The molecule has 1 heterocycles. The Morgan fingerprint density at radius 2 is 2.11 bits per heavy atom. The normalized spacial score (nSPS) is 10.8. The topological polar surface area (TPSA) is 73.1 Å². The van der Waals surface area contributed by atoms with E-state index < -0.39 is 5.91 Å². The van der Waals surface area contributed by atoms with Crippen molar-refractivity contribution in [3.05, 3.63) is 81.2 Å². The van der Waals surface area contributed by atoms with Crippen LogP contribution in [0.5, 0.6) is 11.5 Å². The van der Waals surface area contributed by atoms with Crippen molar-refractivity contribution in [3.63, 3.8) is 0 Å². The van der Waals surface area contributed by atoms with E-state index in [2.05, 4.69) is 26.5 Å². The van der Waals surface area contributed by atoms with Crippen LogP contribution in [0.1, 0.15) is 21.7 Å². The molecule has 0 aliphatic rings. The molecule has 0 aliphatic carbocycles. The van der Waals surface area contributed by atoms with Crippen molar-refractivity contribution in [2.45, 2.75) is 6.61 Å². The van der Waals surface area contributed by atoms with Gasteiger partial charge < -0.3 is 13.9 Å². The van der Waals surface area contributed by atoms with Crippen LogP contribution in [0.25, 0.3) is 0 Å². The van der Waals surface area contributed by atoms with Crippen molar-refractivity contribution >= 4 is 39.7 Å². The maximum absolute atomic E-state index is 11.8. The second kappa shape index (κ2) is 9.43. The molecule has 6 nitrogen and oxygen atoms in total. The summed E-state index contributed by atoms with van der Waals surface area (Å²) >= 11 is 9.65. The lowest BCUT2D eigenvalue weighted by Gasteiger charge is -2.14. The van der Waals surface area contributed by atoms with Crippen LogP contribution in [0, 0.1) is 0 Å². The minimum atomic E-state index is -0.438. The van der Waals surface area contributed by atoms with E-state index in [9.17, 15) is 4.79 Å². The third kappa shape index (κ3) is 4.94. The number of halogens is 2. The first-order chi connectivity index (χ1) is 13.6. The van der Waals surface area contributed by atoms with Crippen molar-refractivity contribution in [2.24, 2.45) is 5.10 Å². The molecule has 3 rings (SSSR count). The fourth-order valence-electron chi connectivity index (χ4n) is 2.35. The molecule has 8 heteroatoms. The molecule has 0 saturated carbocycles. The average molecular weight is 464 g/mol. The fraction of sp³-hybridized carbons (Fsp3) is 0.100. The Bertz CT molecular complexity index is 990. The molecule has 0 bridgehead atoms. The van der Waals surface area contributed by atoms with Gasteiger partial charge in [0, 0.05) is 10.6 Å². The van der Waals surface area contributed by atoms with E-state index in [0.717, 1.165) is 5.56 Å². The van der Waals surface area contributed by atoms with Crippen molar-refractivity contribution in [2.75, 3.05) is 7.11 Å². The van der Waals surface area contributed by atoms with Gasteiger partial charge in [0.15, 0.2) is 17.3 Å². The second-order valence-electron chi connectivity index (χ2n) is 5.59. The monoisotopic (exact) mass is 462 g/mol. The maximum Gasteiger partial charge on any atom is 0.307 e. The number of nitrogens with zero attached hydrogens (tertiary/aromatic N) is 1. The van der Waals surface area contributed by atoms with E-state index in [0.29, 0.717) is 33.2 Å². The van der Waals surface area contributed by atoms with Crippen molar-refractivity contribution in [1.82, 2.24) is 5.43 Å². The van der Waals surface area contributed by atoms with E-state index in [1.54, 1.807) is 31.4 Å². The third-order valence-corrected chi connectivity index (χ3v) is 4.66. The minimum absolute atomic E-state index is 0.180. The SMILES string of the molecule is COc1cc(/C=N\NC(=O)c2ccco2)cc(Br)c1OCc1ccccc1Cl. The zero-order valence-electron chi connectivity index (χ0n) is 14.8. The summed E-state index contributed by atoms with van der Waals surface area (Å²) in [5.74, 6) is 0.797. The number of benzene rings is 2. The number of furan rings is 1. The third-order valence-electron chi connectivity index (χ3n) is 3.71. The number of hydrogen-bond acceptors (Lipinski definition) is 5. The number of amides is 1. The number of carbonyl (C=O) groups is 1. The molecule has 28 heavy (non-hydrogen) atoms. The zero-order valence-corrected chi connectivity index (χ0v) is 17.2. The first kappa shape index (κ1) is 20.0. The lowest BCUT2D eigenvalue weighted by molar-refractivity contribution is 0.0927. The molecule has 144 valence electrons. The maximum atomic E-state index is 11.8. The standard InChI is InChI=1S/C20H16BrClN2O4/c1-26-18-10-13(11-23-24-20(25)17-7-4-8-27-17)9-15(21)19(18)28-12-14-5-2-3-6-16(14)22/h2-11H,12H2,1H3,(H,24,25)/b23-11-. The number of nitrogens with one attached hydrogen (secondary N) is 1. The van der Waals surface area contributed by atoms with Crippen molar-refractivity contribution in [1.29, 1.82) is 0 Å². The predicted molar refractivity (Wildman–Crippen MR) is 110 cm³/mol. The number of methoxy groups -OCH3 is 1. The summed E-state index contributed by atoms with van der Waals surface area (Å²) < 4.78 is 17.0. The van der Waals surface area contributed by atoms with Gasteiger partial charge in [-0.25, -0.2) is 5.43 Å². The number of carbonyl (C=O) groups excluding carboxylic acids is 1. The van der Waals surface area contributed by atoms with Crippen LogP contribution in [0.3, 0.4) is 0 Å². The summed E-state index contributed by atoms with van der Waals surface area (Å²) in [5.41, 5.74) is 3.96. The average Bonchev–Trinajstić information content (AvgIpc) is 3.23. The van der Waals surface area contributed by atoms with Gasteiger partial charge in [-0.3, -0.25) is 4.79 Å². The number of ether oxygens (including phenoxy) is 2. The van der Waals surface area contributed by atoms with Crippen LogP contribution < -0.4 is 14.9 Å². The molecular formula is C20H16BrClN2O4. The highest BCUT2D eigenvalue weighted by Crippen LogP contribution is 2.37. The first-order valence-electron chi connectivity index (χ1n) is 8.19. The van der Waals surface area contributed by atoms with Gasteiger partial charge >= 0.3 is 5.91 Å². The van der Waals surface area contributed by atoms with Crippen LogP contribution in [0.4, 0.5) is 0 Å². The Morgan fingerprint density at radius 3 is 2.82 bits per heavy atom. The highest BCUT2D eigenvalue weighted by Gasteiger charge is 2.12. The molecule has 0 fully saturated rings.